The number of anilines is 1. The topological polar surface area (TPSA) is 68.2 Å². The minimum Gasteiger partial charge on any atom is -0.337 e. The molecule has 3 aromatic carbocycles. The molecule has 0 radical (unpaired) electrons. The second-order valence-corrected chi connectivity index (χ2v) is 11.2. The van der Waals surface area contributed by atoms with E-state index in [1.165, 1.54) is 12.8 Å². The number of benzene rings is 3. The van der Waals surface area contributed by atoms with E-state index < -0.39 is 17.8 Å². The highest BCUT2D eigenvalue weighted by Gasteiger charge is 2.38. The number of hydrogen-bond acceptors (Lipinski definition) is 3. The van der Waals surface area contributed by atoms with Crippen LogP contribution in [0.2, 0.25) is 5.02 Å². The largest absolute Gasteiger partial charge is 0.416 e. The average molecular weight is 567 g/mol. The van der Waals surface area contributed by atoms with E-state index in [2.05, 4.69) is 33.7 Å². The molecule has 0 unspecified atom stereocenters. The van der Waals surface area contributed by atoms with Crippen molar-refractivity contribution in [2.24, 2.45) is 5.92 Å². The number of urea groups is 1. The Morgan fingerprint density at radius 1 is 1.02 bits per heavy atom. The minimum atomic E-state index is -4.54. The Kier molecular flexibility index (Phi) is 8.07. The molecule has 0 bridgehead atoms. The van der Waals surface area contributed by atoms with E-state index in [0.717, 1.165) is 73.3 Å². The van der Waals surface area contributed by atoms with Crippen molar-refractivity contribution in [3.8, 4) is 17.2 Å². The maximum atomic E-state index is 13.2. The molecule has 0 aromatic heterocycles. The van der Waals surface area contributed by atoms with Crippen molar-refractivity contribution >= 4 is 23.3 Å². The lowest BCUT2D eigenvalue weighted by Gasteiger charge is -2.42. The van der Waals surface area contributed by atoms with Crippen molar-refractivity contribution in [3.05, 3.63) is 88.4 Å². The fourth-order valence-corrected chi connectivity index (χ4v) is 5.56. The molecular formula is C31H30ClF3N4O. The van der Waals surface area contributed by atoms with Crippen LogP contribution in [0.15, 0.2) is 66.7 Å². The fraction of sp³-hybridized carbons (Fsp3) is 0.355. The van der Waals surface area contributed by atoms with Crippen LogP contribution in [0.4, 0.5) is 23.7 Å². The fourth-order valence-electron chi connectivity index (χ4n) is 5.39. The molecule has 0 spiro atoms. The first-order chi connectivity index (χ1) is 19.1. The van der Waals surface area contributed by atoms with Crippen molar-refractivity contribution in [3.63, 3.8) is 0 Å². The van der Waals surface area contributed by atoms with E-state index in [1.807, 2.05) is 30.3 Å². The number of halogens is 4. The molecule has 1 heterocycles. The lowest BCUT2D eigenvalue weighted by molar-refractivity contribution is -0.137. The van der Waals surface area contributed by atoms with Crippen LogP contribution < -0.4 is 10.6 Å². The van der Waals surface area contributed by atoms with Gasteiger partial charge in [0.2, 0.25) is 0 Å². The van der Waals surface area contributed by atoms with E-state index in [9.17, 15) is 23.2 Å². The first-order valence-electron chi connectivity index (χ1n) is 13.4. The van der Waals surface area contributed by atoms with Gasteiger partial charge in [0, 0.05) is 18.5 Å². The van der Waals surface area contributed by atoms with Crippen molar-refractivity contribution in [2.45, 2.75) is 37.3 Å². The van der Waals surface area contributed by atoms with Gasteiger partial charge in [-0.2, -0.15) is 18.4 Å². The Bertz CT molecular complexity index is 1410. The summed E-state index contributed by atoms with van der Waals surface area (Å²) in [4.78, 5) is 15.3. The Hall–Kier alpha value is -3.54. The van der Waals surface area contributed by atoms with Gasteiger partial charge < -0.3 is 15.5 Å². The molecule has 0 atom stereocenters. The third-order valence-electron chi connectivity index (χ3n) is 7.98. The van der Waals surface area contributed by atoms with Crippen LogP contribution in [0, 0.1) is 17.2 Å². The van der Waals surface area contributed by atoms with Crippen molar-refractivity contribution in [1.82, 2.24) is 10.2 Å². The number of hydrogen-bond donors (Lipinski definition) is 2. The summed E-state index contributed by atoms with van der Waals surface area (Å²) in [6.07, 6.45) is -0.287. The first kappa shape index (κ1) is 28.0. The standard InChI is InChI=1S/C31H30ClF3N4O/c32-27-11-10-26(31(33,34)35)17-28(27)38-29(40)37-20-30(12-14-39(15-13-30)19-21-4-5-21)25-8-6-23(7-9-25)24-3-1-2-22(16-24)18-36/h1-3,6-11,16-17,21H,4-5,12-15,19-20H2,(H2,37,38,40). The van der Waals surface area contributed by atoms with Crippen LogP contribution in [0.25, 0.3) is 11.1 Å². The second kappa shape index (κ2) is 11.5. The van der Waals surface area contributed by atoms with Gasteiger partial charge >= 0.3 is 12.2 Å². The van der Waals surface area contributed by atoms with Gasteiger partial charge in [-0.25, -0.2) is 4.79 Å². The van der Waals surface area contributed by atoms with Crippen LogP contribution in [0.1, 0.15) is 42.4 Å². The summed E-state index contributed by atoms with van der Waals surface area (Å²) < 4.78 is 39.5. The van der Waals surface area contributed by atoms with Crippen LogP contribution in [-0.2, 0) is 11.6 Å². The zero-order valence-corrected chi connectivity index (χ0v) is 22.7. The Balaban J connectivity index is 1.33. The molecule has 5 nitrogen and oxygen atoms in total. The molecule has 5 rings (SSSR count). The maximum Gasteiger partial charge on any atom is 0.416 e. The number of likely N-dealkylation sites (tertiary alicyclic amines) is 1. The van der Waals surface area contributed by atoms with Crippen LogP contribution in [-0.4, -0.2) is 37.1 Å². The van der Waals surface area contributed by atoms with Gasteiger partial charge in [0.25, 0.3) is 0 Å². The van der Waals surface area contributed by atoms with Gasteiger partial charge in [-0.1, -0.05) is 48.0 Å². The number of piperidine rings is 1. The highest BCUT2D eigenvalue weighted by atomic mass is 35.5. The van der Waals surface area contributed by atoms with Crippen molar-refractivity contribution < 1.29 is 18.0 Å². The molecule has 1 saturated carbocycles. The first-order valence-corrected chi connectivity index (χ1v) is 13.8. The van der Waals surface area contributed by atoms with Gasteiger partial charge in [-0.3, -0.25) is 0 Å². The number of amides is 2. The molecule has 9 heteroatoms. The number of alkyl halides is 3. The summed E-state index contributed by atoms with van der Waals surface area (Å²) in [5, 5.41) is 14.7. The van der Waals surface area contributed by atoms with Crippen molar-refractivity contribution in [1.29, 1.82) is 5.26 Å². The van der Waals surface area contributed by atoms with E-state index >= 15 is 0 Å². The van der Waals surface area contributed by atoms with Gasteiger partial charge in [0.15, 0.2) is 0 Å². The Morgan fingerprint density at radius 2 is 1.75 bits per heavy atom. The van der Waals surface area contributed by atoms with E-state index in [4.69, 9.17) is 11.6 Å². The van der Waals surface area contributed by atoms with Crippen LogP contribution >= 0.6 is 11.6 Å². The van der Waals surface area contributed by atoms with Gasteiger partial charge in [0.1, 0.15) is 0 Å². The molecule has 2 N–H and O–H groups in total. The molecule has 1 aliphatic heterocycles. The number of carbonyl (C=O) groups excluding carboxylic acids is 1. The monoisotopic (exact) mass is 566 g/mol. The maximum absolute atomic E-state index is 13.2. The molecule has 3 aromatic rings. The third kappa shape index (κ3) is 6.60. The van der Waals surface area contributed by atoms with Gasteiger partial charge in [-0.05, 0) is 91.7 Å². The normalized spacial score (nSPS) is 17.2. The second-order valence-electron chi connectivity index (χ2n) is 10.8. The highest BCUT2D eigenvalue weighted by Crippen LogP contribution is 2.39. The third-order valence-corrected chi connectivity index (χ3v) is 8.31. The van der Waals surface area contributed by atoms with E-state index in [-0.39, 0.29) is 16.1 Å². The summed E-state index contributed by atoms with van der Waals surface area (Å²) >= 11 is 6.08. The summed E-state index contributed by atoms with van der Waals surface area (Å²) in [6.45, 7) is 3.25. The number of nitrogens with zero attached hydrogens (tertiary/aromatic N) is 2. The number of rotatable bonds is 7. The molecule has 208 valence electrons. The zero-order valence-electron chi connectivity index (χ0n) is 21.9. The van der Waals surface area contributed by atoms with Crippen molar-refractivity contribution in [2.75, 3.05) is 31.5 Å². The van der Waals surface area contributed by atoms with E-state index in [0.29, 0.717) is 12.1 Å². The molecule has 2 fully saturated rings. The smallest absolute Gasteiger partial charge is 0.337 e. The Labute approximate surface area is 236 Å². The van der Waals surface area contributed by atoms with Crippen LogP contribution in [0.5, 0.6) is 0 Å². The highest BCUT2D eigenvalue weighted by molar-refractivity contribution is 6.33. The lowest BCUT2D eigenvalue weighted by atomic mass is 9.72. The predicted octanol–water partition coefficient (Wildman–Crippen LogP) is 7.46. The molecule has 2 aliphatic rings. The van der Waals surface area contributed by atoms with Crippen LogP contribution in [0.3, 0.4) is 0 Å². The Morgan fingerprint density at radius 3 is 2.40 bits per heavy atom. The molecule has 40 heavy (non-hydrogen) atoms. The predicted molar refractivity (Wildman–Crippen MR) is 150 cm³/mol. The molecule has 1 aliphatic carbocycles. The number of carbonyl (C=O) groups is 1. The molecular weight excluding hydrogens is 537 g/mol. The quantitative estimate of drug-likeness (QED) is 0.312. The van der Waals surface area contributed by atoms with Gasteiger partial charge in [-0.15, -0.1) is 0 Å². The zero-order chi connectivity index (χ0) is 28.3. The summed E-state index contributed by atoms with van der Waals surface area (Å²) in [7, 11) is 0. The summed E-state index contributed by atoms with van der Waals surface area (Å²) in [6, 6.07) is 20.1. The number of nitrogens with one attached hydrogen (secondary N) is 2. The minimum absolute atomic E-state index is 0.0299. The van der Waals surface area contributed by atoms with E-state index in [1.54, 1.807) is 6.07 Å². The summed E-state index contributed by atoms with van der Waals surface area (Å²) in [5.74, 6) is 0.789. The lowest BCUT2D eigenvalue weighted by Crippen LogP contribution is -2.50. The molecule has 2 amide bonds. The summed E-state index contributed by atoms with van der Waals surface area (Å²) in [5.41, 5.74) is 2.33. The van der Waals surface area contributed by atoms with Gasteiger partial charge in [0.05, 0.1) is 27.9 Å². The molecule has 1 saturated heterocycles. The average Bonchev–Trinajstić information content (AvgIpc) is 3.78. The SMILES string of the molecule is N#Cc1cccc(-c2ccc(C3(CNC(=O)Nc4cc(C(F)(F)F)ccc4Cl)CCN(CC4CC4)CC3)cc2)c1. The number of nitriles is 1.